The van der Waals surface area contributed by atoms with Crippen molar-refractivity contribution in [3.8, 4) is 0 Å². The summed E-state index contributed by atoms with van der Waals surface area (Å²) in [6, 6.07) is 16.8. The Hall–Kier alpha value is -2.62. The van der Waals surface area contributed by atoms with Gasteiger partial charge >= 0.3 is 0 Å². The maximum absolute atomic E-state index is 12.8. The second kappa shape index (κ2) is 8.65. The Balaban J connectivity index is 1.66. The molecule has 0 atom stereocenters. The molecule has 1 N–H and O–H groups in total. The summed E-state index contributed by atoms with van der Waals surface area (Å²) in [5.74, 6) is 0.186. The first-order valence-electron chi connectivity index (χ1n) is 9.47. The molecule has 0 unspecified atom stereocenters. The smallest absolute Gasteiger partial charge is 0.258 e. The van der Waals surface area contributed by atoms with Crippen molar-refractivity contribution in [3.63, 3.8) is 0 Å². The summed E-state index contributed by atoms with van der Waals surface area (Å²) < 4.78 is 0. The van der Waals surface area contributed by atoms with Gasteiger partial charge in [0.15, 0.2) is 0 Å². The monoisotopic (exact) mass is 350 g/mol. The maximum atomic E-state index is 12.8. The minimum Gasteiger partial charge on any atom is -0.326 e. The lowest BCUT2D eigenvalue weighted by molar-refractivity contribution is -0.120. The Morgan fingerprint density at radius 2 is 1.62 bits per heavy atom. The van der Waals surface area contributed by atoms with E-state index < -0.39 is 0 Å². The summed E-state index contributed by atoms with van der Waals surface area (Å²) in [6.07, 6.45) is 5.46. The number of anilines is 2. The molecule has 4 nitrogen and oxygen atoms in total. The topological polar surface area (TPSA) is 49.4 Å². The molecular weight excluding hydrogens is 324 g/mol. The van der Waals surface area contributed by atoms with Crippen LogP contribution in [0.25, 0.3) is 0 Å². The van der Waals surface area contributed by atoms with Gasteiger partial charge in [-0.15, -0.1) is 0 Å². The average molecular weight is 350 g/mol. The van der Waals surface area contributed by atoms with Gasteiger partial charge in [-0.1, -0.05) is 37.5 Å². The van der Waals surface area contributed by atoms with E-state index in [9.17, 15) is 9.59 Å². The van der Waals surface area contributed by atoms with E-state index in [0.29, 0.717) is 12.1 Å². The number of carbonyl (C=O) groups is 2. The van der Waals surface area contributed by atoms with Crippen LogP contribution in [0, 0.1) is 5.92 Å². The molecule has 0 saturated heterocycles. The van der Waals surface area contributed by atoms with Gasteiger partial charge in [0.2, 0.25) is 5.91 Å². The third kappa shape index (κ3) is 4.31. The highest BCUT2D eigenvalue weighted by atomic mass is 16.2. The molecule has 0 spiro atoms. The second-order valence-corrected chi connectivity index (χ2v) is 6.79. The summed E-state index contributed by atoms with van der Waals surface area (Å²) in [5.41, 5.74) is 2.25. The van der Waals surface area contributed by atoms with Crippen molar-refractivity contribution in [2.75, 3.05) is 16.8 Å². The summed E-state index contributed by atoms with van der Waals surface area (Å²) in [7, 11) is 0. The fourth-order valence-corrected chi connectivity index (χ4v) is 3.51. The first-order valence-corrected chi connectivity index (χ1v) is 9.47. The van der Waals surface area contributed by atoms with Crippen molar-refractivity contribution < 1.29 is 9.59 Å². The van der Waals surface area contributed by atoms with Crippen LogP contribution in [-0.4, -0.2) is 18.4 Å². The van der Waals surface area contributed by atoms with Crippen LogP contribution in [0.4, 0.5) is 11.4 Å². The van der Waals surface area contributed by atoms with Crippen molar-refractivity contribution in [1.29, 1.82) is 0 Å². The Morgan fingerprint density at radius 3 is 2.23 bits per heavy atom. The fourth-order valence-electron chi connectivity index (χ4n) is 3.51. The van der Waals surface area contributed by atoms with Crippen LogP contribution in [0.2, 0.25) is 0 Å². The van der Waals surface area contributed by atoms with E-state index in [1.807, 2.05) is 49.4 Å². The van der Waals surface area contributed by atoms with E-state index in [1.165, 1.54) is 6.42 Å². The van der Waals surface area contributed by atoms with Gasteiger partial charge in [-0.25, -0.2) is 0 Å². The van der Waals surface area contributed by atoms with Gasteiger partial charge in [-0.2, -0.15) is 0 Å². The van der Waals surface area contributed by atoms with Gasteiger partial charge in [0.1, 0.15) is 0 Å². The van der Waals surface area contributed by atoms with Crippen LogP contribution in [0.5, 0.6) is 0 Å². The number of hydrogen-bond donors (Lipinski definition) is 1. The van der Waals surface area contributed by atoms with E-state index in [1.54, 1.807) is 17.0 Å². The van der Waals surface area contributed by atoms with Crippen LogP contribution in [-0.2, 0) is 4.79 Å². The van der Waals surface area contributed by atoms with Crippen LogP contribution in [0.1, 0.15) is 49.4 Å². The SMILES string of the molecule is CCN(C(=O)c1ccc(NC(=O)C2CCCCC2)cc1)c1ccccc1. The molecule has 1 fully saturated rings. The van der Waals surface area contributed by atoms with Crippen LogP contribution < -0.4 is 10.2 Å². The number of benzene rings is 2. The number of nitrogens with zero attached hydrogens (tertiary/aromatic N) is 1. The van der Waals surface area contributed by atoms with E-state index in [-0.39, 0.29) is 17.7 Å². The quantitative estimate of drug-likeness (QED) is 0.836. The highest BCUT2D eigenvalue weighted by Crippen LogP contribution is 2.25. The predicted molar refractivity (Wildman–Crippen MR) is 105 cm³/mol. The standard InChI is InChI=1S/C22H26N2O2/c1-2-24(20-11-7-4-8-12-20)22(26)18-13-15-19(16-14-18)23-21(25)17-9-5-3-6-10-17/h4,7-8,11-17H,2-3,5-6,9-10H2,1H3,(H,23,25). The molecule has 2 aromatic rings. The fraction of sp³-hybridized carbons (Fsp3) is 0.364. The molecule has 2 aromatic carbocycles. The molecule has 1 aliphatic carbocycles. The molecule has 0 aromatic heterocycles. The number of para-hydroxylation sites is 1. The largest absolute Gasteiger partial charge is 0.326 e. The molecule has 0 heterocycles. The molecule has 26 heavy (non-hydrogen) atoms. The predicted octanol–water partition coefficient (Wildman–Crippen LogP) is 4.87. The van der Waals surface area contributed by atoms with Gasteiger partial charge < -0.3 is 10.2 Å². The number of rotatable bonds is 5. The normalized spacial score (nSPS) is 14.7. The van der Waals surface area contributed by atoms with Crippen molar-refractivity contribution >= 4 is 23.2 Å². The lowest BCUT2D eigenvalue weighted by Crippen LogP contribution is -2.30. The molecule has 1 aliphatic rings. The molecular formula is C22H26N2O2. The molecule has 0 bridgehead atoms. The lowest BCUT2D eigenvalue weighted by atomic mass is 9.88. The van der Waals surface area contributed by atoms with E-state index >= 15 is 0 Å². The maximum Gasteiger partial charge on any atom is 0.258 e. The third-order valence-corrected chi connectivity index (χ3v) is 5.00. The van der Waals surface area contributed by atoms with Gasteiger partial charge in [0, 0.05) is 29.4 Å². The number of carbonyl (C=O) groups excluding carboxylic acids is 2. The zero-order valence-corrected chi connectivity index (χ0v) is 15.3. The lowest BCUT2D eigenvalue weighted by Gasteiger charge is -2.22. The number of hydrogen-bond acceptors (Lipinski definition) is 2. The Morgan fingerprint density at radius 1 is 0.962 bits per heavy atom. The van der Waals surface area contributed by atoms with E-state index in [2.05, 4.69) is 5.32 Å². The van der Waals surface area contributed by atoms with Gasteiger partial charge in [-0.3, -0.25) is 9.59 Å². The van der Waals surface area contributed by atoms with E-state index in [4.69, 9.17) is 0 Å². The zero-order chi connectivity index (χ0) is 18.4. The highest BCUT2D eigenvalue weighted by Gasteiger charge is 2.21. The summed E-state index contributed by atoms with van der Waals surface area (Å²) in [6.45, 7) is 2.56. The van der Waals surface area contributed by atoms with Gasteiger partial charge in [0.05, 0.1) is 0 Å². The van der Waals surface area contributed by atoms with Crippen molar-refractivity contribution in [3.05, 3.63) is 60.2 Å². The Labute approximate surface area is 155 Å². The molecule has 3 rings (SSSR count). The summed E-state index contributed by atoms with van der Waals surface area (Å²) in [4.78, 5) is 26.9. The zero-order valence-electron chi connectivity index (χ0n) is 15.3. The Bertz CT molecular complexity index is 734. The first kappa shape index (κ1) is 18.2. The molecule has 136 valence electrons. The number of amides is 2. The summed E-state index contributed by atoms with van der Waals surface area (Å²) in [5, 5.41) is 2.99. The van der Waals surface area contributed by atoms with Gasteiger partial charge in [-0.05, 0) is 56.2 Å². The van der Waals surface area contributed by atoms with Crippen LogP contribution >= 0.6 is 0 Å². The third-order valence-electron chi connectivity index (χ3n) is 5.00. The van der Waals surface area contributed by atoms with Crippen molar-refractivity contribution in [1.82, 2.24) is 0 Å². The average Bonchev–Trinajstić information content (AvgIpc) is 2.70. The Kier molecular flexibility index (Phi) is 6.05. The molecule has 1 saturated carbocycles. The molecule has 0 radical (unpaired) electrons. The van der Waals surface area contributed by atoms with Crippen LogP contribution in [0.15, 0.2) is 54.6 Å². The first-order chi connectivity index (χ1) is 12.7. The van der Waals surface area contributed by atoms with Crippen molar-refractivity contribution in [2.45, 2.75) is 39.0 Å². The minimum atomic E-state index is -0.0381. The highest BCUT2D eigenvalue weighted by molar-refractivity contribution is 6.06. The van der Waals surface area contributed by atoms with Gasteiger partial charge in [0.25, 0.3) is 5.91 Å². The van der Waals surface area contributed by atoms with Crippen LogP contribution in [0.3, 0.4) is 0 Å². The van der Waals surface area contributed by atoms with Crippen molar-refractivity contribution in [2.24, 2.45) is 5.92 Å². The minimum absolute atomic E-state index is 0.0381. The summed E-state index contributed by atoms with van der Waals surface area (Å²) >= 11 is 0. The van der Waals surface area contributed by atoms with E-state index in [0.717, 1.165) is 37.1 Å². The molecule has 0 aliphatic heterocycles. The molecule has 4 heteroatoms. The second-order valence-electron chi connectivity index (χ2n) is 6.79. The number of nitrogens with one attached hydrogen (secondary N) is 1. The molecule has 2 amide bonds.